The van der Waals surface area contributed by atoms with E-state index in [0.29, 0.717) is 12.2 Å². The molecule has 27 nitrogen and oxygen atoms in total. The third-order valence-electron chi connectivity index (χ3n) is 8.73. The molecule has 0 bridgehead atoms. The average Bonchev–Trinajstić information content (AvgIpc) is 3.71. The van der Waals surface area contributed by atoms with E-state index in [9.17, 15) is 57.9 Å². The number of unbranched alkanes of at least 4 members (excludes halogenated alkanes) is 6. The second-order valence-electron chi connectivity index (χ2n) is 14.1. The van der Waals surface area contributed by atoms with Gasteiger partial charge in [-0.05, 0) is 6.42 Å². The zero-order valence-corrected chi connectivity index (χ0v) is 39.1. The van der Waals surface area contributed by atoms with Crippen molar-refractivity contribution in [1.82, 2.24) is 48.6 Å². The highest BCUT2D eigenvalue weighted by Crippen LogP contribution is 2.56. The summed E-state index contributed by atoms with van der Waals surface area (Å²) in [5.41, 5.74) is 4.13. The number of nitrogens with zero attached hydrogens (tertiary/aromatic N) is 4. The maximum atomic E-state index is 12.6. The molecule has 2 amide bonds. The van der Waals surface area contributed by atoms with E-state index in [1.54, 1.807) is 0 Å². The fraction of sp³-hybridized carbons (Fsp3) is 0.742. The van der Waals surface area contributed by atoms with Gasteiger partial charge in [0.1, 0.15) is 36.3 Å². The number of aromatic nitrogens is 4. The Morgan fingerprint density at radius 3 is 2.24 bits per heavy atom. The van der Waals surface area contributed by atoms with Crippen molar-refractivity contribution in [2.45, 2.75) is 109 Å². The molecule has 19 N–H and O–H groups in total. The fourth-order valence-corrected chi connectivity index (χ4v) is 9.04. The van der Waals surface area contributed by atoms with Gasteiger partial charge in [-0.2, -0.15) is 0 Å². The van der Waals surface area contributed by atoms with Gasteiger partial charge >= 0.3 is 0 Å². The summed E-state index contributed by atoms with van der Waals surface area (Å²) in [6.07, 6.45) is 0.837. The number of anilines is 1. The van der Waals surface area contributed by atoms with E-state index in [1.807, 2.05) is 0 Å². The lowest BCUT2D eigenvalue weighted by atomic mass is 9.87. The Labute approximate surface area is 362 Å². The summed E-state index contributed by atoms with van der Waals surface area (Å²) in [7, 11) is -17.3. The molecule has 0 spiro atoms. The maximum Gasteiger partial charge on any atom is 0.274 e. The van der Waals surface area contributed by atoms with Crippen molar-refractivity contribution < 1.29 is 80.5 Å². The first kappa shape index (κ1) is 59.4. The third-order valence-corrected chi connectivity index (χ3v) is 12.7. The predicted octanol–water partition coefficient (Wildman–Crippen LogP) is 1.04. The Morgan fingerprint density at radius 1 is 0.968 bits per heavy atom. The highest BCUT2D eigenvalue weighted by molar-refractivity contribution is 8.13. The number of hydrogen-bond donors (Lipinski definition) is 9. The topological polar surface area (TPSA) is 482 Å². The van der Waals surface area contributed by atoms with Crippen LogP contribution in [0.5, 0.6) is 0 Å². The molecule has 0 saturated carbocycles. The largest absolute Gasteiger partial charge is 0.756 e. The number of rotatable bonds is 27. The standard InChI is InChI=1S/C31H54N7O17P3S.3H3N/c1-4-5-6-7-8-9-10-11-22(40)59-15-14-33-21(39)12-13-34-29(43)26(42)31(2,3)17-52-58(49,50)55-57(47,48)51-16-20-25(54-56(44,45)46)24(41)30(53-20)38-19-37-23-27(32)35-18-36-28(23)38;;;/h18-20,24-26,30,41-42H,4-17H2,1-3H3,(H,33,39)(H,34,43)(H,47,48)(H,49,50)(H2,32,35,36)(H2,44,45,46);3*1H3. The molecule has 3 heterocycles. The first-order chi connectivity index (χ1) is 27.6. The molecule has 2 aromatic rings. The molecule has 0 aliphatic carbocycles. The van der Waals surface area contributed by atoms with Crippen molar-refractivity contribution >= 4 is 69.1 Å². The Hall–Kier alpha value is -2.56. The van der Waals surface area contributed by atoms with Gasteiger partial charge in [0.25, 0.3) is 23.5 Å². The van der Waals surface area contributed by atoms with Gasteiger partial charge in [0.2, 0.25) is 11.8 Å². The number of nitrogens with one attached hydrogen (secondary N) is 2. The molecule has 1 aliphatic rings. The van der Waals surface area contributed by atoms with Crippen LogP contribution in [-0.2, 0) is 50.7 Å². The number of phosphoric ester groups is 3. The average molecular weight is 973 g/mol. The van der Waals surface area contributed by atoms with E-state index in [1.165, 1.54) is 39.5 Å². The number of imidazole rings is 1. The summed E-state index contributed by atoms with van der Waals surface area (Å²) in [4.78, 5) is 94.3. The summed E-state index contributed by atoms with van der Waals surface area (Å²) >= 11 is 1.13. The molecule has 2 aromatic heterocycles. The number of thioether (sulfide) groups is 1. The molecule has 8 atom stereocenters. The van der Waals surface area contributed by atoms with Crippen LogP contribution in [-0.4, -0.2) is 108 Å². The van der Waals surface area contributed by atoms with Crippen molar-refractivity contribution in [2.75, 3.05) is 37.8 Å². The minimum atomic E-state index is -5.90. The zero-order valence-electron chi connectivity index (χ0n) is 35.6. The second-order valence-corrected chi connectivity index (χ2v) is 19.4. The van der Waals surface area contributed by atoms with Crippen molar-refractivity contribution in [1.29, 1.82) is 0 Å². The number of aliphatic hydroxyl groups excluding tert-OH is 2. The van der Waals surface area contributed by atoms with Crippen LogP contribution in [0, 0.1) is 5.41 Å². The summed E-state index contributed by atoms with van der Waals surface area (Å²) in [6, 6.07) is 0. The van der Waals surface area contributed by atoms with Crippen LogP contribution in [0.4, 0.5) is 5.82 Å². The molecule has 1 saturated heterocycles. The monoisotopic (exact) mass is 972 g/mol. The number of nitrogen functional groups attached to an aromatic ring is 1. The SMILES string of the molecule is CCCCCCCCCC(=O)SCCNC(=O)CCNC(=O)C(O)C(C)(C)COP(=O)([O-])OP(=O)([O-])OCC1OC(n2cnc3c(N)ncnc32)C(O)C1OP(=O)([O-])O.[NH4+].[NH4+].[NH4+]. The Balaban J connectivity index is 0.0000124. The van der Waals surface area contributed by atoms with E-state index in [-0.39, 0.29) is 60.1 Å². The molecule has 0 radical (unpaired) electrons. The number of quaternary nitrogens is 3. The smallest absolute Gasteiger partial charge is 0.274 e. The lowest BCUT2D eigenvalue weighted by Gasteiger charge is -2.35. The van der Waals surface area contributed by atoms with Crippen molar-refractivity contribution in [2.24, 2.45) is 5.41 Å². The first-order valence-electron chi connectivity index (χ1n) is 18.5. The number of phosphoric acid groups is 3. The quantitative estimate of drug-likeness (QED) is 0.0446. The van der Waals surface area contributed by atoms with Gasteiger partial charge < -0.3 is 82.9 Å². The Bertz CT molecular complexity index is 1860. The minimum absolute atomic E-state index is 0. The number of fused-ring (bicyclic) bond motifs is 1. The van der Waals surface area contributed by atoms with Gasteiger partial charge in [-0.25, -0.2) is 19.3 Å². The number of aliphatic hydroxyl groups is 2. The summed E-state index contributed by atoms with van der Waals surface area (Å²) in [5, 5.41) is 26.4. The van der Waals surface area contributed by atoms with E-state index >= 15 is 0 Å². The number of hydrogen-bond acceptors (Lipinski definition) is 21. The number of carbonyl (C=O) groups is 3. The fourth-order valence-electron chi connectivity index (χ4n) is 5.58. The molecule has 31 heteroatoms. The number of carbonyl (C=O) groups excluding carboxylic acids is 3. The van der Waals surface area contributed by atoms with E-state index in [0.717, 1.165) is 48.2 Å². The summed E-state index contributed by atoms with van der Waals surface area (Å²) < 4.78 is 60.9. The summed E-state index contributed by atoms with van der Waals surface area (Å²) in [6.45, 7) is 2.37. The molecular weight excluding hydrogens is 909 g/mol. The van der Waals surface area contributed by atoms with Gasteiger partial charge in [0.05, 0.1) is 19.5 Å². The normalized spacial score (nSPS) is 20.9. The van der Waals surface area contributed by atoms with Crippen molar-refractivity contribution in [3.63, 3.8) is 0 Å². The molecule has 62 heavy (non-hydrogen) atoms. The van der Waals surface area contributed by atoms with Crippen LogP contribution in [0.2, 0.25) is 0 Å². The molecule has 3 rings (SSSR count). The number of amides is 2. The van der Waals surface area contributed by atoms with Gasteiger partial charge in [0, 0.05) is 37.1 Å². The van der Waals surface area contributed by atoms with E-state index in [2.05, 4.69) is 50.4 Å². The minimum Gasteiger partial charge on any atom is -0.756 e. The zero-order chi connectivity index (χ0) is 44.0. The molecular formula is C31H63N10O17P3S. The summed E-state index contributed by atoms with van der Waals surface area (Å²) in [5.74, 6) is -1.12. The van der Waals surface area contributed by atoms with Crippen LogP contribution < -0.4 is 49.5 Å². The molecule has 360 valence electrons. The Morgan fingerprint density at radius 2 is 1.60 bits per heavy atom. The lowest BCUT2D eigenvalue weighted by Crippen LogP contribution is -2.46. The van der Waals surface area contributed by atoms with Gasteiger partial charge in [-0.15, -0.1) is 0 Å². The first-order valence-corrected chi connectivity index (χ1v) is 24.0. The van der Waals surface area contributed by atoms with Crippen LogP contribution in [0.3, 0.4) is 0 Å². The van der Waals surface area contributed by atoms with E-state index in [4.69, 9.17) is 10.5 Å². The van der Waals surface area contributed by atoms with Gasteiger partial charge in [-0.3, -0.25) is 32.6 Å². The lowest BCUT2D eigenvalue weighted by molar-refractivity contribution is -0.247. The second kappa shape index (κ2) is 27.0. The third kappa shape index (κ3) is 19.7. The maximum absolute atomic E-state index is 12.6. The number of nitrogens with two attached hydrogens (primary N) is 1. The van der Waals surface area contributed by atoms with Gasteiger partial charge in [-0.1, -0.05) is 71.1 Å². The van der Waals surface area contributed by atoms with Crippen LogP contribution in [0.15, 0.2) is 12.7 Å². The highest BCUT2D eigenvalue weighted by Gasteiger charge is 2.48. The van der Waals surface area contributed by atoms with Gasteiger partial charge in [0.15, 0.2) is 22.8 Å². The molecule has 1 aliphatic heterocycles. The molecule has 8 unspecified atom stereocenters. The molecule has 1 fully saturated rings. The molecule has 0 aromatic carbocycles. The van der Waals surface area contributed by atoms with Crippen LogP contribution >= 0.6 is 35.2 Å². The highest BCUT2D eigenvalue weighted by atomic mass is 32.2. The van der Waals surface area contributed by atoms with Crippen molar-refractivity contribution in [3.05, 3.63) is 12.7 Å². The predicted molar refractivity (Wildman–Crippen MR) is 221 cm³/mol. The van der Waals surface area contributed by atoms with Crippen LogP contribution in [0.25, 0.3) is 11.2 Å². The van der Waals surface area contributed by atoms with Crippen LogP contribution in [0.1, 0.15) is 84.8 Å². The van der Waals surface area contributed by atoms with Crippen molar-refractivity contribution in [3.8, 4) is 0 Å². The number of ether oxygens (including phenoxy) is 1. The van der Waals surface area contributed by atoms with E-state index < -0.39 is 84.6 Å². The Kier molecular flexibility index (Phi) is 25.9.